The molecule has 0 N–H and O–H groups in total. The predicted octanol–water partition coefficient (Wildman–Crippen LogP) is 2.82. The van der Waals surface area contributed by atoms with Crippen molar-refractivity contribution >= 4 is 21.6 Å². The number of thiophene rings is 1. The first kappa shape index (κ1) is 11.3. The van der Waals surface area contributed by atoms with Gasteiger partial charge in [-0.3, -0.25) is 9.36 Å². The second kappa shape index (κ2) is 4.78. The highest BCUT2D eigenvalue weighted by atomic mass is 32.1. The van der Waals surface area contributed by atoms with Crippen LogP contribution in [0.5, 0.6) is 0 Å². The molecule has 0 aliphatic rings. The van der Waals surface area contributed by atoms with Crippen LogP contribution in [0.25, 0.3) is 10.2 Å². The van der Waals surface area contributed by atoms with E-state index in [9.17, 15) is 4.79 Å². The Morgan fingerprint density at radius 2 is 2.19 bits per heavy atom. The summed E-state index contributed by atoms with van der Waals surface area (Å²) in [7, 11) is 0. The third-order valence-electron chi connectivity index (χ3n) is 2.53. The largest absolute Gasteiger partial charge is 0.299 e. The monoisotopic (exact) mass is 236 g/mol. The van der Waals surface area contributed by atoms with Crippen molar-refractivity contribution < 1.29 is 0 Å². The molecule has 0 atom stereocenters. The van der Waals surface area contributed by atoms with Crippen LogP contribution in [0.2, 0.25) is 0 Å². The zero-order valence-corrected chi connectivity index (χ0v) is 10.5. The summed E-state index contributed by atoms with van der Waals surface area (Å²) in [5.41, 5.74) is 0.102. The molecule has 2 aromatic rings. The molecule has 16 heavy (non-hydrogen) atoms. The minimum absolute atomic E-state index is 0.102. The van der Waals surface area contributed by atoms with Gasteiger partial charge >= 0.3 is 0 Å². The average molecular weight is 236 g/mol. The van der Waals surface area contributed by atoms with E-state index in [4.69, 9.17) is 0 Å². The summed E-state index contributed by atoms with van der Waals surface area (Å²) in [6.45, 7) is 4.96. The number of rotatable bonds is 4. The van der Waals surface area contributed by atoms with Gasteiger partial charge in [0.05, 0.1) is 11.7 Å². The summed E-state index contributed by atoms with van der Waals surface area (Å²) < 4.78 is 1.70. The van der Waals surface area contributed by atoms with Gasteiger partial charge in [-0.15, -0.1) is 11.3 Å². The Hall–Kier alpha value is -1.16. The van der Waals surface area contributed by atoms with Gasteiger partial charge in [0.15, 0.2) is 0 Å². The van der Waals surface area contributed by atoms with E-state index in [1.54, 1.807) is 22.2 Å². The lowest BCUT2D eigenvalue weighted by atomic mass is 10.2. The van der Waals surface area contributed by atoms with Crippen LogP contribution in [-0.4, -0.2) is 9.55 Å². The number of aromatic nitrogens is 2. The van der Waals surface area contributed by atoms with Crippen molar-refractivity contribution in [1.82, 2.24) is 9.55 Å². The molecule has 0 amide bonds. The Balaban J connectivity index is 2.51. The Bertz CT molecular complexity index is 541. The van der Waals surface area contributed by atoms with Gasteiger partial charge in [0, 0.05) is 11.4 Å². The third-order valence-corrected chi connectivity index (χ3v) is 3.63. The SMILES string of the molecule is CCCc1cc2c(=O)n(CCC)cnc2s1. The minimum atomic E-state index is 0.102. The van der Waals surface area contributed by atoms with Crippen LogP contribution in [0.3, 0.4) is 0 Å². The molecule has 0 saturated heterocycles. The molecular weight excluding hydrogens is 220 g/mol. The molecule has 3 nitrogen and oxygen atoms in total. The first-order valence-corrected chi connectivity index (χ1v) is 6.55. The van der Waals surface area contributed by atoms with E-state index >= 15 is 0 Å². The van der Waals surface area contributed by atoms with E-state index in [1.165, 1.54) is 4.88 Å². The fourth-order valence-corrected chi connectivity index (χ4v) is 2.87. The van der Waals surface area contributed by atoms with Crippen molar-refractivity contribution in [2.45, 2.75) is 39.7 Å². The quantitative estimate of drug-likeness (QED) is 0.818. The summed E-state index contributed by atoms with van der Waals surface area (Å²) in [6, 6.07) is 2.00. The number of nitrogens with zero attached hydrogens (tertiary/aromatic N) is 2. The average Bonchev–Trinajstić information content (AvgIpc) is 2.67. The van der Waals surface area contributed by atoms with Gasteiger partial charge in [0.2, 0.25) is 0 Å². The van der Waals surface area contributed by atoms with Crippen molar-refractivity contribution in [2.75, 3.05) is 0 Å². The minimum Gasteiger partial charge on any atom is -0.299 e. The molecule has 0 bridgehead atoms. The molecule has 0 spiro atoms. The van der Waals surface area contributed by atoms with Gasteiger partial charge in [-0.05, 0) is 18.9 Å². The number of hydrogen-bond acceptors (Lipinski definition) is 3. The van der Waals surface area contributed by atoms with Crippen molar-refractivity contribution in [3.63, 3.8) is 0 Å². The molecule has 0 saturated carbocycles. The van der Waals surface area contributed by atoms with Crippen molar-refractivity contribution in [3.8, 4) is 0 Å². The zero-order chi connectivity index (χ0) is 11.5. The highest BCUT2D eigenvalue weighted by molar-refractivity contribution is 7.18. The van der Waals surface area contributed by atoms with Gasteiger partial charge in [-0.2, -0.15) is 0 Å². The van der Waals surface area contributed by atoms with E-state index in [2.05, 4.69) is 18.8 Å². The van der Waals surface area contributed by atoms with Crippen LogP contribution in [0.1, 0.15) is 31.6 Å². The topological polar surface area (TPSA) is 34.9 Å². The first-order chi connectivity index (χ1) is 7.76. The Morgan fingerprint density at radius 3 is 2.88 bits per heavy atom. The van der Waals surface area contributed by atoms with E-state index < -0.39 is 0 Å². The smallest absolute Gasteiger partial charge is 0.262 e. The summed E-state index contributed by atoms with van der Waals surface area (Å²) in [5.74, 6) is 0. The molecule has 0 aliphatic carbocycles. The highest BCUT2D eigenvalue weighted by Crippen LogP contribution is 2.21. The molecular formula is C12H16N2OS. The van der Waals surface area contributed by atoms with E-state index in [1.807, 2.05) is 6.07 Å². The molecule has 0 aliphatic heterocycles. The second-order valence-electron chi connectivity index (χ2n) is 3.92. The normalized spacial score (nSPS) is 11.1. The molecule has 0 fully saturated rings. The van der Waals surface area contributed by atoms with Crippen molar-refractivity contribution in [2.24, 2.45) is 0 Å². The van der Waals surface area contributed by atoms with Crippen LogP contribution in [0.15, 0.2) is 17.2 Å². The van der Waals surface area contributed by atoms with E-state index in [0.29, 0.717) is 0 Å². The van der Waals surface area contributed by atoms with Crippen LogP contribution in [-0.2, 0) is 13.0 Å². The van der Waals surface area contributed by atoms with Gasteiger partial charge in [-0.25, -0.2) is 4.98 Å². The van der Waals surface area contributed by atoms with Gasteiger partial charge in [-0.1, -0.05) is 20.3 Å². The second-order valence-corrected chi connectivity index (χ2v) is 5.04. The predicted molar refractivity (Wildman–Crippen MR) is 68.2 cm³/mol. The lowest BCUT2D eigenvalue weighted by Crippen LogP contribution is -2.19. The third kappa shape index (κ3) is 2.02. The number of fused-ring (bicyclic) bond motifs is 1. The Kier molecular flexibility index (Phi) is 3.39. The molecule has 2 rings (SSSR count). The number of hydrogen-bond donors (Lipinski definition) is 0. The van der Waals surface area contributed by atoms with Crippen LogP contribution >= 0.6 is 11.3 Å². The number of aryl methyl sites for hydroxylation is 2. The van der Waals surface area contributed by atoms with E-state index in [-0.39, 0.29) is 5.56 Å². The Morgan fingerprint density at radius 1 is 1.38 bits per heavy atom. The molecule has 0 unspecified atom stereocenters. The zero-order valence-electron chi connectivity index (χ0n) is 9.69. The van der Waals surface area contributed by atoms with Gasteiger partial charge in [0.1, 0.15) is 4.83 Å². The molecule has 2 heterocycles. The van der Waals surface area contributed by atoms with Crippen molar-refractivity contribution in [3.05, 3.63) is 27.6 Å². The summed E-state index contributed by atoms with van der Waals surface area (Å²) in [5, 5.41) is 0.782. The summed E-state index contributed by atoms with van der Waals surface area (Å²) >= 11 is 1.64. The highest BCUT2D eigenvalue weighted by Gasteiger charge is 2.07. The van der Waals surface area contributed by atoms with Crippen LogP contribution < -0.4 is 5.56 Å². The fraction of sp³-hybridized carbons (Fsp3) is 0.500. The standard InChI is InChI=1S/C12H16N2OS/c1-3-5-9-7-10-11(16-9)13-8-14(6-4-2)12(10)15/h7-8H,3-6H2,1-2H3. The molecule has 2 aromatic heterocycles. The van der Waals surface area contributed by atoms with Gasteiger partial charge in [0.25, 0.3) is 5.56 Å². The molecule has 4 heteroatoms. The first-order valence-electron chi connectivity index (χ1n) is 5.74. The maximum atomic E-state index is 12.1. The van der Waals surface area contributed by atoms with E-state index in [0.717, 1.165) is 36.0 Å². The molecule has 0 aromatic carbocycles. The van der Waals surface area contributed by atoms with Gasteiger partial charge < -0.3 is 0 Å². The fourth-order valence-electron chi connectivity index (χ4n) is 1.78. The lowest BCUT2D eigenvalue weighted by molar-refractivity contribution is 0.648. The maximum Gasteiger partial charge on any atom is 0.262 e. The van der Waals surface area contributed by atoms with Crippen molar-refractivity contribution in [1.29, 1.82) is 0 Å². The molecule has 86 valence electrons. The summed E-state index contributed by atoms with van der Waals surface area (Å²) in [6.07, 6.45) is 4.77. The lowest BCUT2D eigenvalue weighted by Gasteiger charge is -2.01. The maximum absolute atomic E-state index is 12.1. The molecule has 0 radical (unpaired) electrons. The van der Waals surface area contributed by atoms with Crippen LogP contribution in [0, 0.1) is 0 Å². The Labute approximate surface area is 98.8 Å². The summed E-state index contributed by atoms with van der Waals surface area (Å²) in [4.78, 5) is 18.5. The van der Waals surface area contributed by atoms with Crippen LogP contribution in [0.4, 0.5) is 0 Å².